The van der Waals surface area contributed by atoms with Crippen molar-refractivity contribution < 1.29 is 17.1 Å². The van der Waals surface area contributed by atoms with E-state index in [1.54, 1.807) is 0 Å². The summed E-state index contributed by atoms with van der Waals surface area (Å²) in [4.78, 5) is 7.04. The summed E-state index contributed by atoms with van der Waals surface area (Å²) in [7, 11) is 2.95. The zero-order valence-electron chi connectivity index (χ0n) is 24.1. The van der Waals surface area contributed by atoms with Gasteiger partial charge in [0, 0.05) is 23.8 Å². The molecule has 0 fully saturated rings. The second-order valence-electron chi connectivity index (χ2n) is 12.8. The molecule has 0 saturated carbocycles. The molecule has 0 radical (unpaired) electrons. The molecule has 0 amide bonds. The summed E-state index contributed by atoms with van der Waals surface area (Å²) in [6.07, 6.45) is 5.19. The molecule has 2 N–H and O–H groups in total. The Morgan fingerprint density at radius 3 is 1.59 bits per heavy atom. The van der Waals surface area contributed by atoms with Gasteiger partial charge in [0.1, 0.15) is 0 Å². The van der Waals surface area contributed by atoms with E-state index in [4.69, 9.17) is 0 Å². The molecule has 0 saturated heterocycles. The predicted molar refractivity (Wildman–Crippen MR) is 164 cm³/mol. The Bertz CT molecular complexity index is 1100. The minimum atomic E-state index is -0.331. The van der Waals surface area contributed by atoms with Crippen LogP contribution in [0.1, 0.15) is 90.4 Å². The first-order valence-corrected chi connectivity index (χ1v) is 15.1. The van der Waals surface area contributed by atoms with E-state index in [0.29, 0.717) is 0 Å². The fourth-order valence-electron chi connectivity index (χ4n) is 5.04. The van der Waals surface area contributed by atoms with Gasteiger partial charge >= 0.3 is 17.1 Å². The maximum Gasteiger partial charge on any atom is 2.00 e. The SMILES string of the molecule is CC(C)(C)c1cc(CP(C(C)(C)C)C(C)(C)C)c(C(P)(c2ccc[nH]2)c2ccc[nH]2)[cH-]1.[Fe+2].c1cc[cH-]c1. The van der Waals surface area contributed by atoms with E-state index in [0.717, 1.165) is 6.16 Å². The minimum absolute atomic E-state index is 0. The van der Waals surface area contributed by atoms with Crippen LogP contribution >= 0.6 is 17.2 Å². The van der Waals surface area contributed by atoms with Crippen molar-refractivity contribution in [3.63, 3.8) is 0 Å². The number of hydrogen-bond acceptors (Lipinski definition) is 0. The second-order valence-corrected chi connectivity index (χ2v) is 17.5. The second kappa shape index (κ2) is 12.2. The molecular weight excluding hydrogens is 530 g/mol. The minimum Gasteiger partial charge on any atom is -0.364 e. The van der Waals surface area contributed by atoms with Crippen molar-refractivity contribution in [2.24, 2.45) is 0 Å². The van der Waals surface area contributed by atoms with Crippen LogP contribution in [0, 0.1) is 0 Å². The summed E-state index contributed by atoms with van der Waals surface area (Å²) in [6, 6.07) is 23.6. The molecule has 0 aliphatic heterocycles. The molecule has 0 aliphatic carbocycles. The van der Waals surface area contributed by atoms with Gasteiger partial charge in [-0.25, -0.2) is 18.2 Å². The first kappa shape index (κ1) is 31.9. The Morgan fingerprint density at radius 1 is 0.784 bits per heavy atom. The molecular formula is C32H46FeN2P2. The summed E-state index contributed by atoms with van der Waals surface area (Å²) in [5, 5.41) is 0.238. The van der Waals surface area contributed by atoms with Gasteiger partial charge in [-0.3, -0.25) is 0 Å². The molecule has 4 rings (SSSR count). The van der Waals surface area contributed by atoms with Crippen LogP contribution in [-0.4, -0.2) is 20.3 Å². The van der Waals surface area contributed by atoms with E-state index in [2.05, 4.69) is 118 Å². The molecule has 2 heterocycles. The Hall–Kier alpha value is -1.36. The molecule has 5 heteroatoms. The summed E-state index contributed by atoms with van der Waals surface area (Å²) >= 11 is 0. The van der Waals surface area contributed by atoms with Crippen LogP contribution in [0.3, 0.4) is 0 Å². The number of rotatable bonds is 5. The van der Waals surface area contributed by atoms with Crippen molar-refractivity contribution >= 4 is 17.2 Å². The molecule has 2 nitrogen and oxygen atoms in total. The normalized spacial score (nSPS) is 12.7. The number of aromatic nitrogens is 2. The first-order chi connectivity index (χ1) is 16.6. The third-order valence-corrected chi connectivity index (χ3v) is 11.6. The van der Waals surface area contributed by atoms with Crippen LogP contribution in [-0.2, 0) is 33.8 Å². The number of aromatic amines is 2. The van der Waals surface area contributed by atoms with Crippen molar-refractivity contribution in [1.82, 2.24) is 9.97 Å². The van der Waals surface area contributed by atoms with Crippen LogP contribution in [0.4, 0.5) is 0 Å². The molecule has 0 bridgehead atoms. The van der Waals surface area contributed by atoms with Gasteiger partial charge in [0.15, 0.2) is 0 Å². The first-order valence-electron chi connectivity index (χ1n) is 13.0. The largest absolute Gasteiger partial charge is 2.00 e. The van der Waals surface area contributed by atoms with Crippen LogP contribution in [0.2, 0.25) is 0 Å². The average molecular weight is 577 g/mol. The van der Waals surface area contributed by atoms with Gasteiger partial charge in [0.2, 0.25) is 0 Å². The van der Waals surface area contributed by atoms with Crippen molar-refractivity contribution in [3.8, 4) is 0 Å². The van der Waals surface area contributed by atoms with Gasteiger partial charge in [0.05, 0.1) is 5.16 Å². The standard InChI is InChI=1S/C27H41N2P2.C5H5.Fe/c1-24(2,3)20-16-19(18-31(25(4,5)6)26(7,8)9)21(17-20)27(30,22-12-10-14-28-22)23-13-11-15-29-23;1-2-4-5-3-1;/h10-17,28-29H,18,30H2,1-9H3;1-5H;/q2*-1;+2. The quantitative estimate of drug-likeness (QED) is 0.135. The Balaban J connectivity index is 0.000000716. The maximum atomic E-state index is 3.52. The van der Waals surface area contributed by atoms with E-state index in [1.807, 2.05) is 42.7 Å². The van der Waals surface area contributed by atoms with Gasteiger partial charge < -0.3 is 9.97 Å². The molecule has 37 heavy (non-hydrogen) atoms. The molecule has 1 unspecified atom stereocenters. The summed E-state index contributed by atoms with van der Waals surface area (Å²) < 4.78 is 0. The molecule has 202 valence electrons. The topological polar surface area (TPSA) is 31.6 Å². The molecule has 1 atom stereocenters. The van der Waals surface area contributed by atoms with Gasteiger partial charge in [-0.05, 0) is 40.0 Å². The Kier molecular flexibility index (Phi) is 10.5. The predicted octanol–water partition coefficient (Wildman–Crippen LogP) is 9.51. The van der Waals surface area contributed by atoms with Crippen molar-refractivity contribution in [1.29, 1.82) is 0 Å². The number of H-pyrrole nitrogens is 2. The number of nitrogens with one attached hydrogen (secondary N) is 2. The zero-order valence-corrected chi connectivity index (χ0v) is 27.2. The Morgan fingerprint density at radius 2 is 1.27 bits per heavy atom. The van der Waals surface area contributed by atoms with Gasteiger partial charge in [-0.15, -0.1) is 22.7 Å². The van der Waals surface area contributed by atoms with Crippen LogP contribution < -0.4 is 0 Å². The molecule has 0 spiro atoms. The fourth-order valence-corrected chi connectivity index (χ4v) is 9.24. The van der Waals surface area contributed by atoms with Gasteiger partial charge in [-0.1, -0.05) is 68.5 Å². The molecule has 2 aromatic carbocycles. The maximum absolute atomic E-state index is 3.52. The molecule has 4 aromatic rings. The third kappa shape index (κ3) is 7.61. The summed E-state index contributed by atoms with van der Waals surface area (Å²) in [6.45, 7) is 21.5. The monoisotopic (exact) mass is 576 g/mol. The summed E-state index contributed by atoms with van der Waals surface area (Å²) in [5.41, 5.74) is 6.80. The molecule has 2 aromatic heterocycles. The molecule has 0 aliphatic rings. The van der Waals surface area contributed by atoms with E-state index < -0.39 is 0 Å². The van der Waals surface area contributed by atoms with Gasteiger partial charge in [-0.2, -0.15) is 35.4 Å². The number of hydrogen-bond donors (Lipinski definition) is 2. The van der Waals surface area contributed by atoms with E-state index >= 15 is 0 Å². The fraction of sp³-hybridized carbons (Fsp3) is 0.438. The van der Waals surface area contributed by atoms with Crippen molar-refractivity contribution in [2.45, 2.75) is 89.4 Å². The van der Waals surface area contributed by atoms with E-state index in [-0.39, 0.29) is 45.9 Å². The zero-order chi connectivity index (χ0) is 26.8. The van der Waals surface area contributed by atoms with Gasteiger partial charge in [0.25, 0.3) is 0 Å². The third-order valence-electron chi connectivity index (χ3n) is 6.82. The van der Waals surface area contributed by atoms with Crippen molar-refractivity contribution in [3.05, 3.63) is 107 Å². The van der Waals surface area contributed by atoms with Crippen LogP contribution in [0.25, 0.3) is 0 Å². The smallest absolute Gasteiger partial charge is 0.364 e. The van der Waals surface area contributed by atoms with Crippen molar-refractivity contribution in [2.75, 3.05) is 0 Å². The Labute approximate surface area is 240 Å². The van der Waals surface area contributed by atoms with E-state index in [1.165, 1.54) is 28.1 Å². The van der Waals surface area contributed by atoms with E-state index in [9.17, 15) is 0 Å². The van der Waals surface area contributed by atoms with Crippen LogP contribution in [0.15, 0.2) is 79.1 Å². The van der Waals surface area contributed by atoms with Crippen LogP contribution in [0.5, 0.6) is 0 Å². The summed E-state index contributed by atoms with van der Waals surface area (Å²) in [5.74, 6) is 0. The average Bonchev–Trinajstić information content (AvgIpc) is 3.57.